The standard InChI is InChI=1S/C16H18N4/c1-20(2)13-8-6-12(7-9-13)10-17-15-4-3-5-16-14(15)11-18-19-16/h3-9,11,17H,10H2,1-2H3,(H,18,19). The molecule has 0 saturated carbocycles. The van der Waals surface area contributed by atoms with Crippen LogP contribution < -0.4 is 10.2 Å². The highest BCUT2D eigenvalue weighted by molar-refractivity contribution is 5.90. The lowest BCUT2D eigenvalue weighted by Crippen LogP contribution is -2.08. The molecule has 4 heteroatoms. The predicted molar refractivity (Wildman–Crippen MR) is 84.2 cm³/mol. The van der Waals surface area contributed by atoms with Gasteiger partial charge in [-0.1, -0.05) is 18.2 Å². The summed E-state index contributed by atoms with van der Waals surface area (Å²) in [4.78, 5) is 2.10. The van der Waals surface area contributed by atoms with E-state index in [4.69, 9.17) is 0 Å². The first-order valence-electron chi connectivity index (χ1n) is 6.66. The van der Waals surface area contributed by atoms with Gasteiger partial charge in [-0.15, -0.1) is 0 Å². The Morgan fingerprint density at radius 3 is 2.65 bits per heavy atom. The predicted octanol–water partition coefficient (Wildman–Crippen LogP) is 3.24. The summed E-state index contributed by atoms with van der Waals surface area (Å²) < 4.78 is 0. The Kier molecular flexibility index (Phi) is 3.29. The number of fused-ring (bicyclic) bond motifs is 1. The highest BCUT2D eigenvalue weighted by atomic mass is 15.1. The van der Waals surface area contributed by atoms with Crippen LogP contribution in [0.1, 0.15) is 5.56 Å². The van der Waals surface area contributed by atoms with Crippen molar-refractivity contribution in [2.75, 3.05) is 24.3 Å². The minimum atomic E-state index is 0.804. The molecule has 4 nitrogen and oxygen atoms in total. The van der Waals surface area contributed by atoms with E-state index in [2.05, 4.69) is 50.7 Å². The number of H-pyrrole nitrogens is 1. The SMILES string of the molecule is CN(C)c1ccc(CNc2cccc3[nH]ncc23)cc1. The summed E-state index contributed by atoms with van der Waals surface area (Å²) in [5.41, 5.74) is 4.63. The van der Waals surface area contributed by atoms with Crippen molar-refractivity contribution in [3.05, 3.63) is 54.2 Å². The fourth-order valence-corrected chi connectivity index (χ4v) is 2.23. The quantitative estimate of drug-likeness (QED) is 0.762. The van der Waals surface area contributed by atoms with E-state index < -0.39 is 0 Å². The van der Waals surface area contributed by atoms with E-state index in [9.17, 15) is 0 Å². The zero-order chi connectivity index (χ0) is 13.9. The average Bonchev–Trinajstić information content (AvgIpc) is 2.94. The number of benzene rings is 2. The second-order valence-corrected chi connectivity index (χ2v) is 5.05. The Bertz CT molecular complexity index is 698. The Morgan fingerprint density at radius 2 is 1.90 bits per heavy atom. The van der Waals surface area contributed by atoms with Crippen LogP contribution in [0.5, 0.6) is 0 Å². The molecule has 0 unspecified atom stereocenters. The third-order valence-electron chi connectivity index (χ3n) is 3.42. The van der Waals surface area contributed by atoms with Crippen LogP contribution in [0.15, 0.2) is 48.7 Å². The van der Waals surface area contributed by atoms with Gasteiger partial charge in [0.05, 0.1) is 11.7 Å². The van der Waals surface area contributed by atoms with Gasteiger partial charge in [0.2, 0.25) is 0 Å². The Labute approximate surface area is 118 Å². The van der Waals surface area contributed by atoms with Crippen molar-refractivity contribution in [3.63, 3.8) is 0 Å². The number of nitrogens with one attached hydrogen (secondary N) is 2. The van der Waals surface area contributed by atoms with Gasteiger partial charge in [0.15, 0.2) is 0 Å². The van der Waals surface area contributed by atoms with E-state index in [0.717, 1.165) is 23.1 Å². The molecule has 0 spiro atoms. The van der Waals surface area contributed by atoms with Gasteiger partial charge >= 0.3 is 0 Å². The first kappa shape index (κ1) is 12.5. The largest absolute Gasteiger partial charge is 0.380 e. The normalized spacial score (nSPS) is 10.7. The monoisotopic (exact) mass is 266 g/mol. The topological polar surface area (TPSA) is 44.0 Å². The molecule has 0 amide bonds. The van der Waals surface area contributed by atoms with Crippen molar-refractivity contribution in [1.29, 1.82) is 0 Å². The molecule has 3 aromatic rings. The van der Waals surface area contributed by atoms with E-state index >= 15 is 0 Å². The second kappa shape index (κ2) is 5.25. The molecule has 2 aromatic carbocycles. The lowest BCUT2D eigenvalue weighted by atomic mass is 10.1. The number of aromatic amines is 1. The third kappa shape index (κ3) is 2.45. The van der Waals surface area contributed by atoms with E-state index in [-0.39, 0.29) is 0 Å². The molecule has 0 aliphatic rings. The Hall–Kier alpha value is -2.49. The molecule has 0 aliphatic carbocycles. The first-order chi connectivity index (χ1) is 9.74. The van der Waals surface area contributed by atoms with Crippen LogP contribution in [-0.4, -0.2) is 24.3 Å². The lowest BCUT2D eigenvalue weighted by Gasteiger charge is -2.13. The fraction of sp³-hybridized carbons (Fsp3) is 0.188. The highest BCUT2D eigenvalue weighted by Crippen LogP contribution is 2.22. The smallest absolute Gasteiger partial charge is 0.0671 e. The summed E-state index contributed by atoms with van der Waals surface area (Å²) in [5, 5.41) is 11.6. The molecule has 0 bridgehead atoms. The molecular formula is C16H18N4. The molecular weight excluding hydrogens is 248 g/mol. The molecule has 1 aromatic heterocycles. The van der Waals surface area contributed by atoms with E-state index in [1.165, 1.54) is 11.3 Å². The van der Waals surface area contributed by atoms with Crippen molar-refractivity contribution in [3.8, 4) is 0 Å². The van der Waals surface area contributed by atoms with Crippen molar-refractivity contribution in [2.45, 2.75) is 6.54 Å². The van der Waals surface area contributed by atoms with Gasteiger partial charge in [-0.05, 0) is 29.8 Å². The maximum absolute atomic E-state index is 4.08. The fourth-order valence-electron chi connectivity index (χ4n) is 2.23. The summed E-state index contributed by atoms with van der Waals surface area (Å²) in [6.07, 6.45) is 1.85. The molecule has 0 fully saturated rings. The minimum absolute atomic E-state index is 0.804. The van der Waals surface area contributed by atoms with Gasteiger partial charge < -0.3 is 10.2 Å². The van der Waals surface area contributed by atoms with Gasteiger partial charge in [0, 0.05) is 37.4 Å². The number of hydrogen-bond acceptors (Lipinski definition) is 3. The molecule has 0 radical (unpaired) electrons. The Balaban J connectivity index is 1.74. The molecule has 0 saturated heterocycles. The molecule has 2 N–H and O–H groups in total. The van der Waals surface area contributed by atoms with E-state index in [1.807, 2.05) is 32.4 Å². The molecule has 1 heterocycles. The molecule has 3 rings (SSSR count). The summed E-state index contributed by atoms with van der Waals surface area (Å²) in [5.74, 6) is 0. The molecule has 0 atom stereocenters. The summed E-state index contributed by atoms with van der Waals surface area (Å²) in [6, 6.07) is 14.7. The van der Waals surface area contributed by atoms with Crippen molar-refractivity contribution >= 4 is 22.3 Å². The highest BCUT2D eigenvalue weighted by Gasteiger charge is 2.02. The van der Waals surface area contributed by atoms with Gasteiger partial charge in [-0.2, -0.15) is 5.10 Å². The minimum Gasteiger partial charge on any atom is -0.380 e. The van der Waals surface area contributed by atoms with Crippen LogP contribution in [0.4, 0.5) is 11.4 Å². The average molecular weight is 266 g/mol. The molecule has 0 aliphatic heterocycles. The van der Waals surface area contributed by atoms with Crippen LogP contribution in [0.25, 0.3) is 10.9 Å². The maximum Gasteiger partial charge on any atom is 0.0671 e. The van der Waals surface area contributed by atoms with Crippen LogP contribution in [-0.2, 0) is 6.54 Å². The Morgan fingerprint density at radius 1 is 1.10 bits per heavy atom. The van der Waals surface area contributed by atoms with Crippen molar-refractivity contribution < 1.29 is 0 Å². The first-order valence-corrected chi connectivity index (χ1v) is 6.66. The van der Waals surface area contributed by atoms with Gasteiger partial charge in [0.25, 0.3) is 0 Å². The molecule has 102 valence electrons. The van der Waals surface area contributed by atoms with Gasteiger partial charge in [-0.3, -0.25) is 5.10 Å². The number of anilines is 2. The maximum atomic E-state index is 4.08. The number of hydrogen-bond donors (Lipinski definition) is 2. The van der Waals surface area contributed by atoms with Gasteiger partial charge in [-0.25, -0.2) is 0 Å². The number of nitrogens with zero attached hydrogens (tertiary/aromatic N) is 2. The van der Waals surface area contributed by atoms with Crippen molar-refractivity contribution in [1.82, 2.24) is 10.2 Å². The summed E-state index contributed by atoms with van der Waals surface area (Å²) in [6.45, 7) is 0.804. The van der Waals surface area contributed by atoms with E-state index in [1.54, 1.807) is 0 Å². The number of aromatic nitrogens is 2. The molecule has 20 heavy (non-hydrogen) atoms. The van der Waals surface area contributed by atoms with Crippen molar-refractivity contribution in [2.24, 2.45) is 0 Å². The second-order valence-electron chi connectivity index (χ2n) is 5.05. The van der Waals surface area contributed by atoms with Crippen LogP contribution in [0.3, 0.4) is 0 Å². The van der Waals surface area contributed by atoms with E-state index in [0.29, 0.717) is 0 Å². The summed E-state index contributed by atoms with van der Waals surface area (Å²) in [7, 11) is 4.10. The van der Waals surface area contributed by atoms with Crippen LogP contribution >= 0.6 is 0 Å². The van der Waals surface area contributed by atoms with Crippen LogP contribution in [0, 0.1) is 0 Å². The lowest BCUT2D eigenvalue weighted by molar-refractivity contribution is 1.11. The van der Waals surface area contributed by atoms with Gasteiger partial charge in [0.1, 0.15) is 0 Å². The zero-order valence-corrected chi connectivity index (χ0v) is 11.7. The third-order valence-corrected chi connectivity index (χ3v) is 3.42. The zero-order valence-electron chi connectivity index (χ0n) is 11.7. The number of rotatable bonds is 4. The summed E-state index contributed by atoms with van der Waals surface area (Å²) >= 11 is 0. The van der Waals surface area contributed by atoms with Crippen LogP contribution in [0.2, 0.25) is 0 Å².